The van der Waals surface area contributed by atoms with Gasteiger partial charge in [-0.25, -0.2) is 0 Å². The van der Waals surface area contributed by atoms with Crippen LogP contribution in [0.15, 0.2) is 24.3 Å². The second-order valence-electron chi connectivity index (χ2n) is 23.4. The van der Waals surface area contributed by atoms with Gasteiger partial charge in [0.2, 0.25) is 0 Å². The number of rotatable bonds is 64. The average Bonchev–Trinajstić information content (AvgIpc) is 3.42. The minimum absolute atomic E-state index is 0.0673. The Balaban J connectivity index is 3.98. The van der Waals surface area contributed by atoms with E-state index in [1.54, 1.807) is 0 Å². The maximum Gasteiger partial charge on any atom is 0.306 e. The molecule has 76 heavy (non-hydrogen) atoms. The van der Waals surface area contributed by atoms with Gasteiger partial charge in [0.15, 0.2) is 6.10 Å². The summed E-state index contributed by atoms with van der Waals surface area (Å²) in [6.07, 6.45) is 79.5. The lowest BCUT2D eigenvalue weighted by Crippen LogP contribution is -2.30. The Morgan fingerprint density at radius 3 is 0.658 bits per heavy atom. The van der Waals surface area contributed by atoms with Crippen molar-refractivity contribution in [2.75, 3.05) is 13.2 Å². The largest absolute Gasteiger partial charge is 0.462 e. The summed E-state index contributed by atoms with van der Waals surface area (Å²) in [5.74, 6) is -0.851. The number of esters is 3. The molecule has 0 bridgehead atoms. The molecule has 0 aliphatic rings. The van der Waals surface area contributed by atoms with Gasteiger partial charge in [-0.2, -0.15) is 0 Å². The van der Waals surface area contributed by atoms with Gasteiger partial charge in [-0.05, 0) is 70.6 Å². The molecule has 0 N–H and O–H groups in total. The van der Waals surface area contributed by atoms with Crippen LogP contribution in [0.3, 0.4) is 0 Å². The average molecular weight is 1070 g/mol. The van der Waals surface area contributed by atoms with Crippen molar-refractivity contribution < 1.29 is 28.6 Å². The number of hydrogen-bond acceptors (Lipinski definition) is 6. The SMILES string of the molecule is CCCCCCCC/C=C\CCCCCCCCCC(=O)OC(COC(=O)CCCCCCCCCC)COC(=O)CCCCCCCCCCCCCCCCCCCCCCC/C=C\CCCCCCCCCC. The fourth-order valence-corrected chi connectivity index (χ4v) is 10.5. The van der Waals surface area contributed by atoms with Gasteiger partial charge >= 0.3 is 17.9 Å². The molecule has 0 radical (unpaired) electrons. The summed E-state index contributed by atoms with van der Waals surface area (Å²) in [5, 5.41) is 0. The molecule has 0 saturated carbocycles. The van der Waals surface area contributed by atoms with E-state index < -0.39 is 6.10 Å². The molecule has 0 aliphatic carbocycles. The predicted molar refractivity (Wildman–Crippen MR) is 330 cm³/mol. The van der Waals surface area contributed by atoms with E-state index in [9.17, 15) is 14.4 Å². The molecule has 6 heteroatoms. The maximum atomic E-state index is 12.9. The van der Waals surface area contributed by atoms with E-state index in [0.717, 1.165) is 57.8 Å². The van der Waals surface area contributed by atoms with Crippen LogP contribution in [0.2, 0.25) is 0 Å². The number of unbranched alkanes of at least 4 members (excludes halogenated alkanes) is 49. The Kier molecular flexibility index (Phi) is 63.6. The first-order chi connectivity index (χ1) is 37.5. The summed E-state index contributed by atoms with van der Waals surface area (Å²) in [7, 11) is 0. The van der Waals surface area contributed by atoms with Gasteiger partial charge in [-0.15, -0.1) is 0 Å². The standard InChI is InChI=1S/C70H132O6/c1-4-7-10-13-16-19-21-23-25-27-28-29-30-31-32-33-34-35-36-37-38-39-40-41-42-44-45-47-49-51-54-57-60-63-69(72)75-66-67(65-74-68(71)62-59-56-53-18-15-12-9-6-3)76-70(73)64-61-58-55-52-50-48-46-43-26-24-22-20-17-14-11-8-5-2/h24,26-28,67H,4-23,25,29-66H2,1-3H3/b26-24-,28-27-. The van der Waals surface area contributed by atoms with Crippen molar-refractivity contribution in [3.63, 3.8) is 0 Å². The molecule has 0 heterocycles. The van der Waals surface area contributed by atoms with E-state index in [-0.39, 0.29) is 31.1 Å². The van der Waals surface area contributed by atoms with E-state index in [0.29, 0.717) is 19.3 Å². The van der Waals surface area contributed by atoms with Crippen LogP contribution in [0.5, 0.6) is 0 Å². The minimum atomic E-state index is -0.768. The monoisotopic (exact) mass is 1070 g/mol. The van der Waals surface area contributed by atoms with E-state index in [1.807, 2.05) is 0 Å². The molecule has 0 aliphatic heterocycles. The third kappa shape index (κ3) is 62.7. The molecule has 0 aromatic heterocycles. The Hall–Kier alpha value is -2.11. The molecule has 0 fully saturated rings. The minimum Gasteiger partial charge on any atom is -0.462 e. The van der Waals surface area contributed by atoms with E-state index in [1.165, 1.54) is 289 Å². The quantitative estimate of drug-likeness (QED) is 0.0261. The molecule has 6 nitrogen and oxygen atoms in total. The zero-order valence-corrected chi connectivity index (χ0v) is 51.6. The summed E-state index contributed by atoms with van der Waals surface area (Å²) in [5.41, 5.74) is 0. The number of carbonyl (C=O) groups is 3. The molecule has 0 rings (SSSR count). The molecule has 1 atom stereocenters. The first-order valence-corrected chi connectivity index (χ1v) is 34.3. The lowest BCUT2D eigenvalue weighted by Gasteiger charge is -2.18. The highest BCUT2D eigenvalue weighted by Gasteiger charge is 2.19. The number of allylic oxidation sites excluding steroid dienone is 4. The fraction of sp³-hybridized carbons (Fsp3) is 0.900. The zero-order valence-electron chi connectivity index (χ0n) is 51.6. The van der Waals surface area contributed by atoms with Gasteiger partial charge in [0, 0.05) is 19.3 Å². The highest BCUT2D eigenvalue weighted by Crippen LogP contribution is 2.18. The van der Waals surface area contributed by atoms with Crippen molar-refractivity contribution >= 4 is 17.9 Å². The third-order valence-corrected chi connectivity index (χ3v) is 15.7. The second kappa shape index (κ2) is 65.4. The first kappa shape index (κ1) is 73.9. The van der Waals surface area contributed by atoms with Crippen LogP contribution in [-0.4, -0.2) is 37.2 Å². The smallest absolute Gasteiger partial charge is 0.306 e. The third-order valence-electron chi connectivity index (χ3n) is 15.7. The highest BCUT2D eigenvalue weighted by atomic mass is 16.6. The van der Waals surface area contributed by atoms with E-state index in [4.69, 9.17) is 14.2 Å². The molecular weight excluding hydrogens is 937 g/mol. The summed E-state index contributed by atoms with van der Waals surface area (Å²) in [4.78, 5) is 38.1. The number of hydrogen-bond donors (Lipinski definition) is 0. The van der Waals surface area contributed by atoms with Crippen LogP contribution in [0.4, 0.5) is 0 Å². The molecule has 0 aromatic carbocycles. The lowest BCUT2D eigenvalue weighted by atomic mass is 10.0. The summed E-state index contributed by atoms with van der Waals surface area (Å²) in [6, 6.07) is 0. The van der Waals surface area contributed by atoms with Crippen molar-refractivity contribution in [1.82, 2.24) is 0 Å². The van der Waals surface area contributed by atoms with Crippen LogP contribution in [-0.2, 0) is 28.6 Å². The molecule has 0 aromatic rings. The molecule has 0 saturated heterocycles. The van der Waals surface area contributed by atoms with E-state index >= 15 is 0 Å². The van der Waals surface area contributed by atoms with Crippen LogP contribution in [0.1, 0.15) is 387 Å². The summed E-state index contributed by atoms with van der Waals surface area (Å²) in [6.45, 7) is 6.66. The molecule has 1 unspecified atom stereocenters. The normalized spacial score (nSPS) is 12.1. The Morgan fingerprint density at radius 2 is 0.434 bits per heavy atom. The Labute approximate surface area is 474 Å². The van der Waals surface area contributed by atoms with Crippen LogP contribution in [0, 0.1) is 0 Å². The van der Waals surface area contributed by atoms with Crippen molar-refractivity contribution in [3.05, 3.63) is 24.3 Å². The zero-order chi connectivity index (χ0) is 55.0. The Bertz CT molecular complexity index is 1230. The molecule has 448 valence electrons. The summed E-state index contributed by atoms with van der Waals surface area (Å²) < 4.78 is 16.9. The highest BCUT2D eigenvalue weighted by molar-refractivity contribution is 5.71. The van der Waals surface area contributed by atoms with Gasteiger partial charge in [0.05, 0.1) is 0 Å². The topological polar surface area (TPSA) is 78.9 Å². The van der Waals surface area contributed by atoms with Crippen LogP contribution < -0.4 is 0 Å². The fourth-order valence-electron chi connectivity index (χ4n) is 10.5. The lowest BCUT2D eigenvalue weighted by molar-refractivity contribution is -0.167. The molecule has 0 spiro atoms. The summed E-state index contributed by atoms with van der Waals surface area (Å²) >= 11 is 0. The van der Waals surface area contributed by atoms with Gasteiger partial charge in [0.1, 0.15) is 13.2 Å². The van der Waals surface area contributed by atoms with Gasteiger partial charge in [-0.1, -0.05) is 321 Å². The second-order valence-corrected chi connectivity index (χ2v) is 23.4. The number of carbonyl (C=O) groups excluding carboxylic acids is 3. The van der Waals surface area contributed by atoms with Crippen molar-refractivity contribution in [2.24, 2.45) is 0 Å². The van der Waals surface area contributed by atoms with Crippen molar-refractivity contribution in [2.45, 2.75) is 393 Å². The van der Waals surface area contributed by atoms with E-state index in [2.05, 4.69) is 45.1 Å². The van der Waals surface area contributed by atoms with Gasteiger partial charge in [0.25, 0.3) is 0 Å². The van der Waals surface area contributed by atoms with Crippen LogP contribution >= 0.6 is 0 Å². The number of ether oxygens (including phenoxy) is 3. The van der Waals surface area contributed by atoms with Gasteiger partial charge < -0.3 is 14.2 Å². The van der Waals surface area contributed by atoms with Gasteiger partial charge in [-0.3, -0.25) is 14.4 Å². The maximum absolute atomic E-state index is 12.9. The van der Waals surface area contributed by atoms with Crippen LogP contribution in [0.25, 0.3) is 0 Å². The molecular formula is C70H132O6. The molecule has 0 amide bonds. The first-order valence-electron chi connectivity index (χ1n) is 34.3. The predicted octanol–water partition coefficient (Wildman–Crippen LogP) is 23.4. The van der Waals surface area contributed by atoms with Crippen molar-refractivity contribution in [3.8, 4) is 0 Å². The Morgan fingerprint density at radius 1 is 0.250 bits per heavy atom. The van der Waals surface area contributed by atoms with Crippen molar-refractivity contribution in [1.29, 1.82) is 0 Å².